The van der Waals surface area contributed by atoms with Crippen LogP contribution in [0.4, 0.5) is 11.4 Å². The quantitative estimate of drug-likeness (QED) is 0.384. The summed E-state index contributed by atoms with van der Waals surface area (Å²) in [4.78, 5) is 22.9. The average Bonchev–Trinajstić information content (AvgIpc) is 3.28. The number of hydrogen-bond donors (Lipinski definition) is 1. The van der Waals surface area contributed by atoms with E-state index >= 15 is 0 Å². The Hall–Kier alpha value is -3.14. The number of para-hydroxylation sites is 2. The van der Waals surface area contributed by atoms with E-state index in [0.29, 0.717) is 11.7 Å². The van der Waals surface area contributed by atoms with E-state index in [1.165, 1.54) is 23.9 Å². The van der Waals surface area contributed by atoms with Crippen LogP contribution in [0.1, 0.15) is 12.7 Å². The summed E-state index contributed by atoms with van der Waals surface area (Å²) in [5, 5.41) is 21.5. The van der Waals surface area contributed by atoms with Gasteiger partial charge in [-0.3, -0.25) is 14.9 Å². The predicted molar refractivity (Wildman–Crippen MR) is 94.9 cm³/mol. The van der Waals surface area contributed by atoms with E-state index in [4.69, 9.17) is 4.42 Å². The molecule has 0 aliphatic heterocycles. The van der Waals surface area contributed by atoms with Crippen LogP contribution in [0.15, 0.2) is 58.6 Å². The van der Waals surface area contributed by atoms with Gasteiger partial charge in [-0.05, 0) is 25.1 Å². The molecule has 0 saturated heterocycles. The number of furan rings is 1. The maximum absolute atomic E-state index is 12.4. The van der Waals surface area contributed by atoms with E-state index < -0.39 is 10.2 Å². The molecule has 0 bridgehead atoms. The fraction of sp³-hybridized carbons (Fsp3) is 0.188. The highest BCUT2D eigenvalue weighted by Crippen LogP contribution is 2.26. The van der Waals surface area contributed by atoms with Crippen molar-refractivity contribution in [2.24, 2.45) is 0 Å². The van der Waals surface area contributed by atoms with Gasteiger partial charge in [0.1, 0.15) is 17.8 Å². The highest BCUT2D eigenvalue weighted by atomic mass is 32.2. The molecule has 1 amide bonds. The van der Waals surface area contributed by atoms with Gasteiger partial charge in [0.2, 0.25) is 5.91 Å². The topological polar surface area (TPSA) is 116 Å². The monoisotopic (exact) mass is 373 g/mol. The van der Waals surface area contributed by atoms with E-state index in [0.717, 1.165) is 5.76 Å². The van der Waals surface area contributed by atoms with E-state index in [1.807, 2.05) is 6.07 Å². The lowest BCUT2D eigenvalue weighted by molar-refractivity contribution is -0.383. The number of carbonyl (C=O) groups is 1. The number of hydrogen-bond acceptors (Lipinski definition) is 7. The zero-order valence-corrected chi connectivity index (χ0v) is 14.5. The number of thioether (sulfide) groups is 1. The second kappa shape index (κ2) is 7.83. The maximum Gasteiger partial charge on any atom is 0.292 e. The van der Waals surface area contributed by atoms with Gasteiger partial charge in [-0.15, -0.1) is 10.2 Å². The van der Waals surface area contributed by atoms with Gasteiger partial charge in [0, 0.05) is 6.07 Å². The van der Waals surface area contributed by atoms with Gasteiger partial charge in [0.05, 0.1) is 23.0 Å². The summed E-state index contributed by atoms with van der Waals surface area (Å²) in [7, 11) is 0. The first-order valence-electron chi connectivity index (χ1n) is 7.65. The van der Waals surface area contributed by atoms with E-state index in [9.17, 15) is 14.9 Å². The third-order valence-electron chi connectivity index (χ3n) is 3.50. The van der Waals surface area contributed by atoms with Gasteiger partial charge in [-0.2, -0.15) is 0 Å². The molecule has 0 aliphatic carbocycles. The number of aromatic nitrogens is 3. The first-order valence-corrected chi connectivity index (χ1v) is 8.53. The fourth-order valence-corrected chi connectivity index (χ4v) is 3.02. The number of nitro groups is 1. The molecule has 26 heavy (non-hydrogen) atoms. The van der Waals surface area contributed by atoms with Crippen molar-refractivity contribution in [3.05, 3.63) is 64.9 Å². The lowest BCUT2D eigenvalue weighted by Crippen LogP contribution is -2.23. The van der Waals surface area contributed by atoms with Crippen LogP contribution in [-0.4, -0.2) is 30.8 Å². The van der Waals surface area contributed by atoms with E-state index in [-0.39, 0.29) is 17.3 Å². The van der Waals surface area contributed by atoms with E-state index in [2.05, 4.69) is 15.5 Å². The van der Waals surface area contributed by atoms with Crippen LogP contribution in [0.3, 0.4) is 0 Å². The van der Waals surface area contributed by atoms with Crippen LogP contribution in [0.5, 0.6) is 0 Å². The standard InChI is InChI=1S/C16H15N5O4S/c1-11(15(22)18-13-6-2-3-7-14(13)21(23)24)26-16-19-17-10-20(16)9-12-5-4-8-25-12/h2-8,10-11H,9H2,1H3,(H,18,22). The first kappa shape index (κ1) is 17.7. The second-order valence-electron chi connectivity index (χ2n) is 5.34. The molecule has 1 unspecified atom stereocenters. The number of rotatable bonds is 7. The molecule has 0 saturated carbocycles. The smallest absolute Gasteiger partial charge is 0.292 e. The Morgan fingerprint density at radius 3 is 2.92 bits per heavy atom. The summed E-state index contributed by atoms with van der Waals surface area (Å²) < 4.78 is 7.06. The molecular weight excluding hydrogens is 358 g/mol. The summed E-state index contributed by atoms with van der Waals surface area (Å²) in [5.74, 6) is 0.375. The van der Waals surface area contributed by atoms with E-state index in [1.54, 1.807) is 42.3 Å². The fourth-order valence-electron chi connectivity index (χ4n) is 2.20. The summed E-state index contributed by atoms with van der Waals surface area (Å²) in [6.45, 7) is 2.14. The zero-order valence-electron chi connectivity index (χ0n) is 13.7. The van der Waals surface area contributed by atoms with Gasteiger partial charge in [0.15, 0.2) is 5.16 Å². The maximum atomic E-state index is 12.4. The molecule has 0 spiro atoms. The van der Waals surface area contributed by atoms with Crippen molar-refractivity contribution in [3.8, 4) is 0 Å². The number of nitrogens with zero attached hydrogens (tertiary/aromatic N) is 4. The van der Waals surface area contributed by atoms with Crippen molar-refractivity contribution >= 4 is 29.0 Å². The molecule has 3 aromatic rings. The van der Waals surface area contributed by atoms with Gasteiger partial charge in [-0.25, -0.2) is 0 Å². The third-order valence-corrected chi connectivity index (χ3v) is 4.59. The lowest BCUT2D eigenvalue weighted by atomic mass is 10.2. The minimum atomic E-state index is -0.534. The van der Waals surface area contributed by atoms with Crippen molar-refractivity contribution in [2.45, 2.75) is 23.9 Å². The average molecular weight is 373 g/mol. The minimum Gasteiger partial charge on any atom is -0.467 e. The van der Waals surface area contributed by atoms with Crippen LogP contribution >= 0.6 is 11.8 Å². The number of amides is 1. The van der Waals surface area contributed by atoms with Gasteiger partial charge in [0.25, 0.3) is 5.69 Å². The minimum absolute atomic E-state index is 0.154. The number of anilines is 1. The lowest BCUT2D eigenvalue weighted by Gasteiger charge is -2.12. The molecular formula is C16H15N5O4S. The van der Waals surface area contributed by atoms with Crippen molar-refractivity contribution in [2.75, 3.05) is 5.32 Å². The summed E-state index contributed by atoms with van der Waals surface area (Å²) in [5.41, 5.74) is 0.00559. The Balaban J connectivity index is 1.67. The van der Waals surface area contributed by atoms with Gasteiger partial charge < -0.3 is 14.3 Å². The van der Waals surface area contributed by atoms with Crippen molar-refractivity contribution < 1.29 is 14.1 Å². The van der Waals surface area contributed by atoms with Crippen LogP contribution in [0.25, 0.3) is 0 Å². The highest BCUT2D eigenvalue weighted by Gasteiger charge is 2.21. The Bertz CT molecular complexity index is 909. The molecule has 0 radical (unpaired) electrons. The largest absolute Gasteiger partial charge is 0.467 e. The third kappa shape index (κ3) is 4.09. The van der Waals surface area contributed by atoms with Crippen LogP contribution in [0, 0.1) is 10.1 Å². The summed E-state index contributed by atoms with van der Waals surface area (Å²) in [6.07, 6.45) is 3.13. The first-order chi connectivity index (χ1) is 12.5. The Morgan fingerprint density at radius 2 is 2.19 bits per heavy atom. The Morgan fingerprint density at radius 1 is 1.38 bits per heavy atom. The second-order valence-corrected chi connectivity index (χ2v) is 6.65. The van der Waals surface area contributed by atoms with Crippen LogP contribution in [0.2, 0.25) is 0 Å². The number of carbonyl (C=O) groups excluding carboxylic acids is 1. The molecule has 0 fully saturated rings. The number of nitrogens with one attached hydrogen (secondary N) is 1. The summed E-state index contributed by atoms with van der Waals surface area (Å²) >= 11 is 1.21. The van der Waals surface area contributed by atoms with Gasteiger partial charge in [-0.1, -0.05) is 23.9 Å². The van der Waals surface area contributed by atoms with Crippen molar-refractivity contribution in [3.63, 3.8) is 0 Å². The molecule has 1 aromatic carbocycles. The molecule has 10 heteroatoms. The van der Waals surface area contributed by atoms with Gasteiger partial charge >= 0.3 is 0 Å². The molecule has 3 rings (SSSR count). The SMILES string of the molecule is CC(Sc1nncn1Cc1ccco1)C(=O)Nc1ccccc1[N+](=O)[O-]. The normalized spacial score (nSPS) is 11.9. The predicted octanol–water partition coefficient (Wildman–Crippen LogP) is 2.95. The number of benzene rings is 1. The molecule has 134 valence electrons. The zero-order chi connectivity index (χ0) is 18.5. The molecule has 2 aromatic heterocycles. The Kier molecular flexibility index (Phi) is 5.32. The summed E-state index contributed by atoms with van der Waals surface area (Å²) in [6, 6.07) is 9.62. The Labute approximate surface area is 152 Å². The molecule has 0 aliphatic rings. The van der Waals surface area contributed by atoms with Crippen LogP contribution in [-0.2, 0) is 11.3 Å². The number of nitro benzene ring substituents is 1. The van der Waals surface area contributed by atoms with Crippen molar-refractivity contribution in [1.82, 2.24) is 14.8 Å². The molecule has 1 N–H and O–H groups in total. The highest BCUT2D eigenvalue weighted by molar-refractivity contribution is 8.00. The van der Waals surface area contributed by atoms with Crippen molar-refractivity contribution in [1.29, 1.82) is 0 Å². The van der Waals surface area contributed by atoms with Crippen LogP contribution < -0.4 is 5.32 Å². The molecule has 2 heterocycles. The molecule has 9 nitrogen and oxygen atoms in total. The molecule has 1 atom stereocenters.